The Hall–Kier alpha value is -1.88. The van der Waals surface area contributed by atoms with Crippen molar-refractivity contribution in [2.24, 2.45) is 0 Å². The zero-order valence-corrected chi connectivity index (χ0v) is 9.84. The molecule has 0 spiro atoms. The number of hydrogen-bond acceptors (Lipinski definition) is 5. The number of aromatic nitrogens is 2. The van der Waals surface area contributed by atoms with Crippen LogP contribution in [0.4, 0.5) is 5.69 Å². The van der Waals surface area contributed by atoms with Crippen LogP contribution >= 0.6 is 0 Å². The highest BCUT2D eigenvalue weighted by Crippen LogP contribution is 2.24. The number of rotatable bonds is 3. The number of nitrogens with two attached hydrogens (primary N) is 1. The fourth-order valence-electron chi connectivity index (χ4n) is 1.36. The molecule has 0 fully saturated rings. The summed E-state index contributed by atoms with van der Waals surface area (Å²) in [5.74, 6) is 0.895. The Kier molecular flexibility index (Phi) is 2.85. The van der Waals surface area contributed by atoms with Gasteiger partial charge in [-0.05, 0) is 26.0 Å². The quantitative estimate of drug-likeness (QED) is 0.786. The van der Waals surface area contributed by atoms with Crippen LogP contribution in [0.15, 0.2) is 28.8 Å². The summed E-state index contributed by atoms with van der Waals surface area (Å²) in [6, 6.07) is 7.26. The standard InChI is InChI=1S/C12H15N3O2/c1-12(2,7-16)11-14-10(15-17-11)8-4-3-5-9(13)6-8/h3-6,16H,7,13H2,1-2H3. The van der Waals surface area contributed by atoms with E-state index in [1.54, 1.807) is 12.1 Å². The highest BCUT2D eigenvalue weighted by atomic mass is 16.5. The van der Waals surface area contributed by atoms with Gasteiger partial charge >= 0.3 is 0 Å². The number of benzene rings is 1. The second-order valence-corrected chi connectivity index (χ2v) is 4.59. The molecule has 0 amide bonds. The topological polar surface area (TPSA) is 85.2 Å². The maximum atomic E-state index is 9.22. The lowest BCUT2D eigenvalue weighted by Gasteiger charge is -2.14. The van der Waals surface area contributed by atoms with Gasteiger partial charge in [-0.25, -0.2) is 0 Å². The van der Waals surface area contributed by atoms with Gasteiger partial charge in [0.2, 0.25) is 11.7 Å². The fourth-order valence-corrected chi connectivity index (χ4v) is 1.36. The SMILES string of the molecule is CC(C)(CO)c1nc(-c2cccc(N)c2)no1. The Morgan fingerprint density at radius 3 is 2.82 bits per heavy atom. The first-order valence-corrected chi connectivity index (χ1v) is 5.34. The highest BCUT2D eigenvalue weighted by molar-refractivity contribution is 5.60. The molecule has 0 saturated heterocycles. The Morgan fingerprint density at radius 2 is 2.18 bits per heavy atom. The second kappa shape index (κ2) is 4.18. The first-order chi connectivity index (χ1) is 8.03. The van der Waals surface area contributed by atoms with Crippen molar-refractivity contribution >= 4 is 5.69 Å². The molecule has 90 valence electrons. The molecule has 5 nitrogen and oxygen atoms in total. The van der Waals surface area contributed by atoms with E-state index >= 15 is 0 Å². The summed E-state index contributed by atoms with van der Waals surface area (Å²) in [6.45, 7) is 3.62. The molecule has 1 aromatic heterocycles. The number of nitrogen functional groups attached to an aromatic ring is 1. The summed E-state index contributed by atoms with van der Waals surface area (Å²) in [7, 11) is 0. The zero-order chi connectivity index (χ0) is 12.5. The molecule has 0 aliphatic heterocycles. The number of aliphatic hydroxyl groups is 1. The van der Waals surface area contributed by atoms with E-state index in [9.17, 15) is 5.11 Å². The molecular formula is C12H15N3O2. The van der Waals surface area contributed by atoms with Crippen LogP contribution in [0.1, 0.15) is 19.7 Å². The average molecular weight is 233 g/mol. The summed E-state index contributed by atoms with van der Waals surface area (Å²) < 4.78 is 5.15. The molecule has 2 rings (SSSR count). The molecule has 17 heavy (non-hydrogen) atoms. The van der Waals surface area contributed by atoms with Crippen LogP contribution in [0.5, 0.6) is 0 Å². The van der Waals surface area contributed by atoms with Crippen molar-refractivity contribution in [2.45, 2.75) is 19.3 Å². The highest BCUT2D eigenvalue weighted by Gasteiger charge is 2.27. The second-order valence-electron chi connectivity index (χ2n) is 4.59. The molecular weight excluding hydrogens is 218 g/mol. The summed E-state index contributed by atoms with van der Waals surface area (Å²) >= 11 is 0. The molecule has 1 heterocycles. The van der Waals surface area contributed by atoms with E-state index in [4.69, 9.17) is 10.3 Å². The van der Waals surface area contributed by atoms with Gasteiger partial charge in [0.05, 0.1) is 12.0 Å². The normalized spacial score (nSPS) is 11.7. The summed E-state index contributed by atoms with van der Waals surface area (Å²) in [5.41, 5.74) is 6.60. The van der Waals surface area contributed by atoms with Gasteiger partial charge < -0.3 is 15.4 Å². The lowest BCUT2D eigenvalue weighted by Crippen LogP contribution is -2.22. The number of aliphatic hydroxyl groups excluding tert-OH is 1. The van der Waals surface area contributed by atoms with E-state index in [1.165, 1.54) is 0 Å². The third kappa shape index (κ3) is 2.29. The Balaban J connectivity index is 2.36. The first kappa shape index (κ1) is 11.6. The molecule has 0 saturated carbocycles. The predicted molar refractivity (Wildman–Crippen MR) is 64.3 cm³/mol. The number of anilines is 1. The van der Waals surface area contributed by atoms with Gasteiger partial charge in [0, 0.05) is 11.3 Å². The molecule has 0 aliphatic carbocycles. The minimum absolute atomic E-state index is 0.0500. The molecule has 0 unspecified atom stereocenters. The summed E-state index contributed by atoms with van der Waals surface area (Å²) in [4.78, 5) is 4.27. The van der Waals surface area contributed by atoms with E-state index in [2.05, 4.69) is 10.1 Å². The van der Waals surface area contributed by atoms with E-state index in [-0.39, 0.29) is 6.61 Å². The predicted octanol–water partition coefficient (Wildman–Crippen LogP) is 1.59. The molecule has 5 heteroatoms. The molecule has 0 atom stereocenters. The smallest absolute Gasteiger partial charge is 0.234 e. The van der Waals surface area contributed by atoms with E-state index in [1.807, 2.05) is 26.0 Å². The fraction of sp³-hybridized carbons (Fsp3) is 0.333. The van der Waals surface area contributed by atoms with Crippen LogP contribution in [-0.4, -0.2) is 21.9 Å². The van der Waals surface area contributed by atoms with Crippen LogP contribution in [0.25, 0.3) is 11.4 Å². The van der Waals surface area contributed by atoms with Crippen molar-refractivity contribution in [2.75, 3.05) is 12.3 Å². The molecule has 0 radical (unpaired) electrons. The van der Waals surface area contributed by atoms with Crippen LogP contribution in [-0.2, 0) is 5.41 Å². The zero-order valence-electron chi connectivity index (χ0n) is 9.84. The van der Waals surface area contributed by atoms with Crippen molar-refractivity contribution < 1.29 is 9.63 Å². The van der Waals surface area contributed by atoms with Crippen LogP contribution in [0, 0.1) is 0 Å². The minimum Gasteiger partial charge on any atom is -0.399 e. The maximum absolute atomic E-state index is 9.22. The lowest BCUT2D eigenvalue weighted by molar-refractivity contribution is 0.182. The van der Waals surface area contributed by atoms with Gasteiger partial charge in [-0.1, -0.05) is 17.3 Å². The van der Waals surface area contributed by atoms with Crippen LogP contribution in [0.2, 0.25) is 0 Å². The van der Waals surface area contributed by atoms with E-state index in [0.29, 0.717) is 17.4 Å². The van der Waals surface area contributed by atoms with Gasteiger partial charge in [-0.15, -0.1) is 0 Å². The lowest BCUT2D eigenvalue weighted by atomic mass is 9.95. The van der Waals surface area contributed by atoms with Crippen molar-refractivity contribution in [3.05, 3.63) is 30.2 Å². The Labute approximate surface area is 99.3 Å². The summed E-state index contributed by atoms with van der Waals surface area (Å²) in [6.07, 6.45) is 0. The van der Waals surface area contributed by atoms with Gasteiger partial charge in [-0.2, -0.15) is 4.98 Å². The van der Waals surface area contributed by atoms with Crippen LogP contribution < -0.4 is 5.73 Å². The number of nitrogens with zero attached hydrogens (tertiary/aromatic N) is 2. The van der Waals surface area contributed by atoms with Crippen molar-refractivity contribution in [1.29, 1.82) is 0 Å². The first-order valence-electron chi connectivity index (χ1n) is 5.34. The Bertz CT molecular complexity index is 520. The van der Waals surface area contributed by atoms with E-state index < -0.39 is 5.41 Å². The van der Waals surface area contributed by atoms with E-state index in [0.717, 1.165) is 5.56 Å². The third-order valence-electron chi connectivity index (χ3n) is 2.55. The molecule has 0 bridgehead atoms. The molecule has 2 aromatic rings. The third-order valence-corrected chi connectivity index (χ3v) is 2.55. The van der Waals surface area contributed by atoms with Gasteiger partial charge in [0.1, 0.15) is 0 Å². The number of hydrogen-bond donors (Lipinski definition) is 2. The van der Waals surface area contributed by atoms with Crippen molar-refractivity contribution in [1.82, 2.24) is 10.1 Å². The maximum Gasteiger partial charge on any atom is 0.234 e. The largest absolute Gasteiger partial charge is 0.399 e. The van der Waals surface area contributed by atoms with Crippen LogP contribution in [0.3, 0.4) is 0 Å². The molecule has 3 N–H and O–H groups in total. The minimum atomic E-state index is -0.536. The summed E-state index contributed by atoms with van der Waals surface area (Å²) in [5, 5.41) is 13.1. The monoisotopic (exact) mass is 233 g/mol. The molecule has 1 aromatic carbocycles. The van der Waals surface area contributed by atoms with Gasteiger partial charge in [0.15, 0.2) is 0 Å². The van der Waals surface area contributed by atoms with Crippen molar-refractivity contribution in [3.63, 3.8) is 0 Å². The Morgan fingerprint density at radius 1 is 1.41 bits per heavy atom. The van der Waals surface area contributed by atoms with Gasteiger partial charge in [0.25, 0.3) is 0 Å². The van der Waals surface area contributed by atoms with Crippen molar-refractivity contribution in [3.8, 4) is 11.4 Å². The average Bonchev–Trinajstić information content (AvgIpc) is 2.79. The van der Waals surface area contributed by atoms with Gasteiger partial charge in [-0.3, -0.25) is 0 Å². The molecule has 0 aliphatic rings.